The topological polar surface area (TPSA) is 191 Å². The number of nitriles is 1. The summed E-state index contributed by atoms with van der Waals surface area (Å²) in [4.78, 5) is 64.7. The maximum Gasteiger partial charge on any atom is 0.259 e. The number of amides is 5. The molecule has 3 atom stereocenters. The Balaban J connectivity index is 1.97. The second-order valence-corrected chi connectivity index (χ2v) is 14.8. The molecule has 0 aromatic heterocycles. The van der Waals surface area contributed by atoms with Crippen molar-refractivity contribution in [2.24, 2.45) is 11.3 Å². The van der Waals surface area contributed by atoms with Gasteiger partial charge in [0.05, 0.1) is 38.8 Å². The second-order valence-electron chi connectivity index (χ2n) is 13.4. The Labute approximate surface area is 303 Å². The first-order chi connectivity index (χ1) is 24.2. The Morgan fingerprint density at radius 3 is 2.06 bits per heavy atom. The molecule has 1 aliphatic rings. The number of rotatable bonds is 23. The maximum atomic E-state index is 13.6. The molecule has 5 N–H and O–H groups in total. The number of carbonyl (C=O) groups excluding carboxylic acids is 5. The summed E-state index contributed by atoms with van der Waals surface area (Å²) >= 11 is 0. The van der Waals surface area contributed by atoms with E-state index in [1.54, 1.807) is 0 Å². The molecule has 1 saturated carbocycles. The van der Waals surface area contributed by atoms with Crippen LogP contribution < -0.4 is 26.6 Å². The average molecular weight is 728 g/mol. The minimum atomic E-state index is -1.46. The van der Waals surface area contributed by atoms with E-state index in [9.17, 15) is 24.0 Å². The van der Waals surface area contributed by atoms with Crippen molar-refractivity contribution >= 4 is 38.1 Å². The van der Waals surface area contributed by atoms with E-state index in [2.05, 4.69) is 43.2 Å². The SMILES string of the molecule is C#CC1(C(=O)NCC(=O)NC(Cc2ccccc2)C(=O)NC(CC(C)C)C(=O)NCC(=O)NCCOP(OCCC#N)N(C(C)C)C(C)C)CC1. The molecule has 51 heavy (non-hydrogen) atoms. The first kappa shape index (κ1) is 43.1. The molecule has 2 rings (SSSR count). The summed E-state index contributed by atoms with van der Waals surface area (Å²) in [6.07, 6.45) is 7.23. The smallest absolute Gasteiger partial charge is 0.259 e. The van der Waals surface area contributed by atoms with Gasteiger partial charge in [-0.1, -0.05) is 50.1 Å². The van der Waals surface area contributed by atoms with E-state index in [1.807, 2.05) is 71.9 Å². The molecular formula is C36H54N7O7P. The van der Waals surface area contributed by atoms with Gasteiger partial charge in [0.1, 0.15) is 17.5 Å². The Hall–Kier alpha value is -4.07. The molecule has 280 valence electrons. The summed E-state index contributed by atoms with van der Waals surface area (Å²) < 4.78 is 13.9. The van der Waals surface area contributed by atoms with Gasteiger partial charge in [-0.15, -0.1) is 6.42 Å². The van der Waals surface area contributed by atoms with E-state index in [1.165, 1.54) is 0 Å². The fourth-order valence-corrected chi connectivity index (χ4v) is 6.74. The first-order valence-corrected chi connectivity index (χ1v) is 18.5. The van der Waals surface area contributed by atoms with Crippen molar-refractivity contribution in [3.05, 3.63) is 35.9 Å². The molecule has 3 unspecified atom stereocenters. The van der Waals surface area contributed by atoms with Crippen LogP contribution in [0.15, 0.2) is 30.3 Å². The largest absolute Gasteiger partial charge is 0.352 e. The van der Waals surface area contributed by atoms with Crippen LogP contribution in [0.1, 0.15) is 72.8 Å². The van der Waals surface area contributed by atoms with Gasteiger partial charge in [-0.3, -0.25) is 24.0 Å². The predicted molar refractivity (Wildman–Crippen MR) is 194 cm³/mol. The third-order valence-electron chi connectivity index (χ3n) is 7.86. The van der Waals surface area contributed by atoms with Crippen molar-refractivity contribution in [2.75, 3.05) is 32.8 Å². The highest BCUT2D eigenvalue weighted by atomic mass is 31.2. The number of hydrogen-bond acceptors (Lipinski definition) is 9. The van der Waals surface area contributed by atoms with E-state index in [0.29, 0.717) is 12.8 Å². The monoisotopic (exact) mass is 727 g/mol. The van der Waals surface area contributed by atoms with Gasteiger partial charge >= 0.3 is 0 Å². The van der Waals surface area contributed by atoms with Crippen LogP contribution in [-0.2, 0) is 39.4 Å². The number of carbonyl (C=O) groups is 5. The molecule has 0 aliphatic heterocycles. The molecule has 1 aromatic rings. The van der Waals surface area contributed by atoms with E-state index in [4.69, 9.17) is 20.7 Å². The first-order valence-electron chi connectivity index (χ1n) is 17.4. The van der Waals surface area contributed by atoms with Crippen molar-refractivity contribution in [1.82, 2.24) is 31.3 Å². The minimum absolute atomic E-state index is 0.0109. The standard InChI is InChI=1S/C36H54N7O7P/c1-8-36(15-16-36)35(48)40-24-32(45)41-30(22-28-13-10-9-11-14-28)34(47)42-29(21-25(2)3)33(46)39-23-31(44)38-18-20-50-51(49-19-12-17-37)43(26(4)5)27(6)7/h1,9-11,13-14,25-27,29-30H,12,15-16,18-24H2,2-7H3,(H,38,44)(H,39,46)(H,40,48)(H,41,45)(H,42,47). The Bertz CT molecular complexity index is 1380. The lowest BCUT2D eigenvalue weighted by atomic mass is 10.0. The highest BCUT2D eigenvalue weighted by Gasteiger charge is 2.48. The quantitative estimate of drug-likeness (QED) is 0.0640. The Morgan fingerprint density at radius 2 is 1.49 bits per heavy atom. The van der Waals surface area contributed by atoms with Crippen LogP contribution in [0.4, 0.5) is 0 Å². The Morgan fingerprint density at radius 1 is 0.863 bits per heavy atom. The normalized spacial score (nSPS) is 14.9. The molecule has 0 bridgehead atoms. The molecule has 1 aromatic carbocycles. The fourth-order valence-electron chi connectivity index (χ4n) is 5.15. The van der Waals surface area contributed by atoms with E-state index < -0.39 is 55.6 Å². The maximum absolute atomic E-state index is 13.6. The zero-order chi connectivity index (χ0) is 38.0. The number of nitrogens with zero attached hydrogens (tertiary/aromatic N) is 2. The highest BCUT2D eigenvalue weighted by molar-refractivity contribution is 7.44. The molecule has 14 nitrogen and oxygen atoms in total. The van der Waals surface area contributed by atoms with Crippen molar-refractivity contribution in [1.29, 1.82) is 5.26 Å². The van der Waals surface area contributed by atoms with Crippen LogP contribution in [-0.4, -0.2) is 91.2 Å². The van der Waals surface area contributed by atoms with Crippen molar-refractivity contribution in [3.8, 4) is 18.4 Å². The summed E-state index contributed by atoms with van der Waals surface area (Å²) in [5.41, 5.74) is -0.0942. The second kappa shape index (κ2) is 22.0. The minimum Gasteiger partial charge on any atom is -0.352 e. The average Bonchev–Trinajstić information content (AvgIpc) is 3.89. The molecule has 0 spiro atoms. The van der Waals surface area contributed by atoms with Crippen molar-refractivity contribution in [2.45, 2.75) is 97.8 Å². The van der Waals surface area contributed by atoms with Crippen LogP contribution in [0.3, 0.4) is 0 Å². The van der Waals surface area contributed by atoms with E-state index >= 15 is 0 Å². The number of hydrogen-bond donors (Lipinski definition) is 5. The van der Waals surface area contributed by atoms with Crippen LogP contribution in [0.2, 0.25) is 0 Å². The molecule has 0 heterocycles. The van der Waals surface area contributed by atoms with Crippen LogP contribution in [0.25, 0.3) is 0 Å². The highest BCUT2D eigenvalue weighted by Crippen LogP contribution is 2.46. The van der Waals surface area contributed by atoms with Gasteiger partial charge in [-0.05, 0) is 58.4 Å². The van der Waals surface area contributed by atoms with Crippen LogP contribution in [0, 0.1) is 35.0 Å². The lowest BCUT2D eigenvalue weighted by Gasteiger charge is -2.35. The lowest BCUT2D eigenvalue weighted by Crippen LogP contribution is -2.56. The van der Waals surface area contributed by atoms with Crippen molar-refractivity contribution < 1.29 is 33.0 Å². The number of nitrogens with one attached hydrogen (secondary N) is 5. The van der Waals surface area contributed by atoms with Gasteiger partial charge in [0.15, 0.2) is 0 Å². The molecule has 1 aliphatic carbocycles. The molecule has 5 amide bonds. The van der Waals surface area contributed by atoms with Gasteiger partial charge in [0, 0.05) is 25.0 Å². The summed E-state index contributed by atoms with van der Waals surface area (Å²) in [5.74, 6) is -0.0848. The van der Waals surface area contributed by atoms with Gasteiger partial charge in [0.2, 0.25) is 29.5 Å². The third-order valence-corrected chi connectivity index (χ3v) is 9.96. The zero-order valence-electron chi connectivity index (χ0n) is 30.6. The molecule has 1 fully saturated rings. The van der Waals surface area contributed by atoms with Gasteiger partial charge in [0.25, 0.3) is 8.53 Å². The molecule has 0 radical (unpaired) electrons. The summed E-state index contributed by atoms with van der Waals surface area (Å²) in [5, 5.41) is 22.2. The summed E-state index contributed by atoms with van der Waals surface area (Å²) in [7, 11) is -1.46. The van der Waals surface area contributed by atoms with E-state index in [-0.39, 0.29) is 70.1 Å². The van der Waals surface area contributed by atoms with Crippen LogP contribution in [0.5, 0.6) is 0 Å². The number of benzene rings is 1. The van der Waals surface area contributed by atoms with Crippen molar-refractivity contribution in [3.63, 3.8) is 0 Å². The van der Waals surface area contributed by atoms with Gasteiger partial charge in [-0.25, -0.2) is 4.67 Å². The summed E-state index contributed by atoms with van der Waals surface area (Å²) in [6.45, 7) is 11.8. The summed E-state index contributed by atoms with van der Waals surface area (Å²) in [6, 6.07) is 9.36. The van der Waals surface area contributed by atoms with E-state index in [0.717, 1.165) is 5.56 Å². The Kier molecular flexibility index (Phi) is 18.6. The fraction of sp³-hybridized carbons (Fsp3) is 0.611. The molecule has 0 saturated heterocycles. The van der Waals surface area contributed by atoms with Crippen LogP contribution >= 0.6 is 8.53 Å². The molecular weight excluding hydrogens is 673 g/mol. The zero-order valence-corrected chi connectivity index (χ0v) is 31.5. The third kappa shape index (κ3) is 15.4. The lowest BCUT2D eigenvalue weighted by molar-refractivity contribution is -0.133. The van der Waals surface area contributed by atoms with Gasteiger partial charge < -0.3 is 35.6 Å². The van der Waals surface area contributed by atoms with Gasteiger partial charge in [-0.2, -0.15) is 5.26 Å². The number of terminal acetylenes is 1. The molecule has 15 heteroatoms. The predicted octanol–water partition coefficient (Wildman–Crippen LogP) is 2.30.